The van der Waals surface area contributed by atoms with Gasteiger partial charge in [-0.25, -0.2) is 9.78 Å². The molecular weight excluding hydrogens is 280 g/mol. The van der Waals surface area contributed by atoms with Gasteiger partial charge in [-0.1, -0.05) is 6.07 Å². The zero-order valence-electron chi connectivity index (χ0n) is 12.8. The molecule has 6 nitrogen and oxygen atoms in total. The van der Waals surface area contributed by atoms with E-state index in [0.29, 0.717) is 18.4 Å². The van der Waals surface area contributed by atoms with Gasteiger partial charge in [0.15, 0.2) is 0 Å². The maximum atomic E-state index is 12.3. The Kier molecular flexibility index (Phi) is 4.27. The second-order valence-corrected chi connectivity index (χ2v) is 6.22. The first-order chi connectivity index (χ1) is 10.6. The SMILES string of the molecule is Cc1ccc(NC(=O)[C@@H]2CCCN(C(=O)NC3CC3)C2)nc1. The van der Waals surface area contributed by atoms with Crippen LogP contribution in [0.3, 0.4) is 0 Å². The second-order valence-electron chi connectivity index (χ2n) is 6.22. The minimum atomic E-state index is -0.165. The molecule has 2 aliphatic rings. The lowest BCUT2D eigenvalue weighted by Gasteiger charge is -2.32. The Morgan fingerprint density at radius 1 is 1.27 bits per heavy atom. The molecule has 1 saturated heterocycles. The molecule has 22 heavy (non-hydrogen) atoms. The van der Waals surface area contributed by atoms with Gasteiger partial charge in [0.1, 0.15) is 5.82 Å². The summed E-state index contributed by atoms with van der Waals surface area (Å²) in [5.74, 6) is 0.345. The average Bonchev–Trinajstić information content (AvgIpc) is 3.33. The number of hydrogen-bond donors (Lipinski definition) is 2. The van der Waals surface area contributed by atoms with Crippen molar-refractivity contribution in [3.05, 3.63) is 23.9 Å². The Morgan fingerprint density at radius 3 is 2.77 bits per heavy atom. The number of rotatable bonds is 3. The zero-order valence-corrected chi connectivity index (χ0v) is 12.8. The molecule has 2 fully saturated rings. The van der Waals surface area contributed by atoms with Crippen molar-refractivity contribution in [2.45, 2.75) is 38.6 Å². The number of likely N-dealkylation sites (tertiary alicyclic amines) is 1. The lowest BCUT2D eigenvalue weighted by atomic mass is 9.97. The second kappa shape index (κ2) is 6.34. The van der Waals surface area contributed by atoms with Gasteiger partial charge in [0.2, 0.25) is 5.91 Å². The van der Waals surface area contributed by atoms with Crippen molar-refractivity contribution in [2.24, 2.45) is 5.92 Å². The number of carbonyl (C=O) groups excluding carboxylic acids is 2. The molecule has 1 aromatic heterocycles. The summed E-state index contributed by atoms with van der Waals surface area (Å²) >= 11 is 0. The van der Waals surface area contributed by atoms with E-state index in [2.05, 4.69) is 15.6 Å². The summed E-state index contributed by atoms with van der Waals surface area (Å²) in [4.78, 5) is 30.4. The molecule has 1 aliphatic carbocycles. The molecule has 0 spiro atoms. The molecule has 0 unspecified atom stereocenters. The van der Waals surface area contributed by atoms with Gasteiger partial charge in [0, 0.05) is 25.3 Å². The molecular formula is C16H22N4O2. The summed E-state index contributed by atoms with van der Waals surface area (Å²) in [6, 6.07) is 4.03. The highest BCUT2D eigenvalue weighted by atomic mass is 16.2. The number of nitrogens with one attached hydrogen (secondary N) is 2. The fourth-order valence-electron chi connectivity index (χ4n) is 2.64. The van der Waals surface area contributed by atoms with E-state index in [4.69, 9.17) is 0 Å². The van der Waals surface area contributed by atoms with E-state index in [1.165, 1.54) is 0 Å². The molecule has 3 rings (SSSR count). The summed E-state index contributed by atoms with van der Waals surface area (Å²) in [5.41, 5.74) is 1.05. The summed E-state index contributed by atoms with van der Waals surface area (Å²) in [5, 5.41) is 5.82. The van der Waals surface area contributed by atoms with Crippen LogP contribution < -0.4 is 10.6 Å². The van der Waals surface area contributed by atoms with Crippen LogP contribution in [0.1, 0.15) is 31.2 Å². The molecule has 6 heteroatoms. The molecule has 2 N–H and O–H groups in total. The fraction of sp³-hybridized carbons (Fsp3) is 0.562. The van der Waals surface area contributed by atoms with E-state index in [1.807, 2.05) is 13.0 Å². The van der Waals surface area contributed by atoms with Gasteiger partial charge in [-0.05, 0) is 44.2 Å². The van der Waals surface area contributed by atoms with Crippen LogP contribution in [-0.4, -0.2) is 41.0 Å². The minimum Gasteiger partial charge on any atom is -0.335 e. The highest BCUT2D eigenvalue weighted by Crippen LogP contribution is 2.22. The average molecular weight is 302 g/mol. The maximum absolute atomic E-state index is 12.3. The number of pyridine rings is 1. The van der Waals surface area contributed by atoms with E-state index >= 15 is 0 Å². The highest BCUT2D eigenvalue weighted by molar-refractivity contribution is 5.92. The first kappa shape index (κ1) is 14.8. The van der Waals surface area contributed by atoms with E-state index in [1.54, 1.807) is 17.2 Å². The van der Waals surface area contributed by atoms with Crippen molar-refractivity contribution in [3.63, 3.8) is 0 Å². The maximum Gasteiger partial charge on any atom is 0.317 e. The van der Waals surface area contributed by atoms with Crippen molar-refractivity contribution >= 4 is 17.8 Å². The molecule has 118 valence electrons. The lowest BCUT2D eigenvalue weighted by molar-refractivity contribution is -0.121. The largest absolute Gasteiger partial charge is 0.335 e. The van der Waals surface area contributed by atoms with E-state index in [0.717, 1.165) is 37.8 Å². The number of carbonyl (C=O) groups is 2. The Hall–Kier alpha value is -2.11. The lowest BCUT2D eigenvalue weighted by Crippen LogP contribution is -2.48. The van der Waals surface area contributed by atoms with E-state index in [9.17, 15) is 9.59 Å². The van der Waals surface area contributed by atoms with Gasteiger partial charge >= 0.3 is 6.03 Å². The topological polar surface area (TPSA) is 74.3 Å². The smallest absolute Gasteiger partial charge is 0.317 e. The Morgan fingerprint density at radius 2 is 2.09 bits per heavy atom. The van der Waals surface area contributed by atoms with Gasteiger partial charge in [-0.3, -0.25) is 4.79 Å². The van der Waals surface area contributed by atoms with Crippen molar-refractivity contribution < 1.29 is 9.59 Å². The molecule has 0 radical (unpaired) electrons. The molecule has 1 atom stereocenters. The predicted molar refractivity (Wildman–Crippen MR) is 83.5 cm³/mol. The normalized spacial score (nSPS) is 21.3. The first-order valence-electron chi connectivity index (χ1n) is 7.91. The molecule has 1 saturated carbocycles. The van der Waals surface area contributed by atoms with Crippen molar-refractivity contribution in [1.29, 1.82) is 0 Å². The van der Waals surface area contributed by atoms with Crippen molar-refractivity contribution in [1.82, 2.24) is 15.2 Å². The van der Waals surface area contributed by atoms with Crippen molar-refractivity contribution in [2.75, 3.05) is 18.4 Å². The number of amides is 3. The Labute approximate surface area is 130 Å². The van der Waals surface area contributed by atoms with Gasteiger partial charge in [-0.2, -0.15) is 0 Å². The van der Waals surface area contributed by atoms with Gasteiger partial charge in [0.05, 0.1) is 5.92 Å². The van der Waals surface area contributed by atoms with Crippen LogP contribution in [0.15, 0.2) is 18.3 Å². The number of hydrogen-bond acceptors (Lipinski definition) is 3. The van der Waals surface area contributed by atoms with Gasteiger partial charge < -0.3 is 15.5 Å². The Balaban J connectivity index is 1.55. The Bertz CT molecular complexity index is 554. The third-order valence-electron chi connectivity index (χ3n) is 4.15. The first-order valence-corrected chi connectivity index (χ1v) is 7.91. The van der Waals surface area contributed by atoms with Crippen LogP contribution >= 0.6 is 0 Å². The monoisotopic (exact) mass is 302 g/mol. The van der Waals surface area contributed by atoms with Crippen molar-refractivity contribution in [3.8, 4) is 0 Å². The summed E-state index contributed by atoms with van der Waals surface area (Å²) in [6.45, 7) is 3.16. The third-order valence-corrected chi connectivity index (χ3v) is 4.15. The molecule has 0 bridgehead atoms. The molecule has 3 amide bonds. The van der Waals surface area contributed by atoms with Crippen LogP contribution in [0.4, 0.5) is 10.6 Å². The van der Waals surface area contributed by atoms with Gasteiger partial charge in [0.25, 0.3) is 0 Å². The standard InChI is InChI=1S/C16H22N4O2/c1-11-4-7-14(17-9-11)19-15(21)12-3-2-8-20(10-12)16(22)18-13-5-6-13/h4,7,9,12-13H,2-3,5-6,8,10H2,1H3,(H,18,22)(H,17,19,21)/t12-/m1/s1. The van der Waals surface area contributed by atoms with E-state index < -0.39 is 0 Å². The van der Waals surface area contributed by atoms with Crippen LogP contribution in [0.2, 0.25) is 0 Å². The molecule has 1 aromatic rings. The van der Waals surface area contributed by atoms with Crippen LogP contribution in [-0.2, 0) is 4.79 Å². The zero-order chi connectivity index (χ0) is 15.5. The number of piperidine rings is 1. The number of nitrogens with zero attached hydrogens (tertiary/aromatic N) is 2. The fourth-order valence-corrected chi connectivity index (χ4v) is 2.64. The van der Waals surface area contributed by atoms with Crippen LogP contribution in [0.25, 0.3) is 0 Å². The number of anilines is 1. The summed E-state index contributed by atoms with van der Waals surface area (Å²) in [6.07, 6.45) is 5.54. The quantitative estimate of drug-likeness (QED) is 0.895. The molecule has 1 aliphatic heterocycles. The molecule has 2 heterocycles. The summed E-state index contributed by atoms with van der Waals surface area (Å²) < 4.78 is 0. The number of urea groups is 1. The predicted octanol–water partition coefficient (Wildman–Crippen LogP) is 1.91. The van der Waals surface area contributed by atoms with Crippen LogP contribution in [0, 0.1) is 12.8 Å². The summed E-state index contributed by atoms with van der Waals surface area (Å²) in [7, 11) is 0. The minimum absolute atomic E-state index is 0.0338. The van der Waals surface area contributed by atoms with Crippen LogP contribution in [0.5, 0.6) is 0 Å². The number of aromatic nitrogens is 1. The highest BCUT2D eigenvalue weighted by Gasteiger charge is 2.31. The van der Waals surface area contributed by atoms with Gasteiger partial charge in [-0.15, -0.1) is 0 Å². The third kappa shape index (κ3) is 3.75. The molecule has 0 aromatic carbocycles. The number of aryl methyl sites for hydroxylation is 1. The van der Waals surface area contributed by atoms with E-state index in [-0.39, 0.29) is 17.9 Å².